The van der Waals surface area contributed by atoms with E-state index in [1.165, 1.54) is 135 Å². The second-order valence-corrected chi connectivity index (χ2v) is 20.0. The highest BCUT2D eigenvalue weighted by Crippen LogP contribution is 2.19. The quantitative estimate of drug-likeness (QED) is 0.0480. The third-order valence-electron chi connectivity index (χ3n) is 12.0. The second kappa shape index (κ2) is 43.5. The minimum absolute atomic E-state index is 0.00701. The van der Waals surface area contributed by atoms with E-state index in [0.29, 0.717) is 31.9 Å². The van der Waals surface area contributed by atoms with Crippen LogP contribution in [0.2, 0.25) is 0 Å². The van der Waals surface area contributed by atoms with Crippen molar-refractivity contribution in [1.82, 2.24) is 9.62 Å². The van der Waals surface area contributed by atoms with Crippen molar-refractivity contribution >= 4 is 22.0 Å². The molecule has 0 saturated carbocycles. The molecule has 0 aromatic rings. The number of hydrogen-bond donors (Lipinski definition) is 1. The third kappa shape index (κ3) is 41.9. The van der Waals surface area contributed by atoms with Crippen molar-refractivity contribution in [3.8, 4) is 0 Å². The van der Waals surface area contributed by atoms with Crippen molar-refractivity contribution in [3.05, 3.63) is 0 Å². The summed E-state index contributed by atoms with van der Waals surface area (Å²) in [5.74, 6) is 0.538. The lowest BCUT2D eigenvalue weighted by Crippen LogP contribution is -2.32. The zero-order chi connectivity index (χ0) is 43.5. The number of carbonyl (C=O) groups excluding carboxylic acids is 2. The number of sulfonamides is 1. The molecular weight excluding hydrogens is 757 g/mol. The number of nitrogens with zero attached hydrogens (tertiary/aromatic N) is 1. The standard InChI is InChI=1S/C50H100N2O6S/c1-6-10-13-16-23-30-38-48(39-31-24-17-14-11-7-2)58-50(54)41-33-26-19-21-28-35-44-52(45-36-42-51-59(55,56)9-4)43-34-27-20-18-25-32-40-49(53)57-46-47(5)37-29-22-15-12-8-3/h47-48,51H,6-46H2,1-5H3. The highest BCUT2D eigenvalue weighted by Gasteiger charge is 2.15. The first-order valence-electron chi connectivity index (χ1n) is 25.7. The lowest BCUT2D eigenvalue weighted by atomic mass is 10.0. The van der Waals surface area contributed by atoms with Crippen LogP contribution < -0.4 is 4.72 Å². The Kier molecular flexibility index (Phi) is 42.6. The minimum Gasteiger partial charge on any atom is -0.465 e. The number of nitrogens with one attached hydrogen (secondary N) is 1. The van der Waals surface area contributed by atoms with Crippen molar-refractivity contribution < 1.29 is 27.5 Å². The number of carbonyl (C=O) groups is 2. The van der Waals surface area contributed by atoms with E-state index in [4.69, 9.17) is 9.47 Å². The van der Waals surface area contributed by atoms with Gasteiger partial charge in [-0.05, 0) is 96.7 Å². The fourth-order valence-corrected chi connectivity index (χ4v) is 8.55. The largest absolute Gasteiger partial charge is 0.465 e. The Morgan fingerprint density at radius 2 is 0.881 bits per heavy atom. The van der Waals surface area contributed by atoms with Crippen molar-refractivity contribution in [2.75, 3.05) is 38.5 Å². The summed E-state index contributed by atoms with van der Waals surface area (Å²) in [6.07, 6.45) is 40.2. The van der Waals surface area contributed by atoms with Gasteiger partial charge >= 0.3 is 11.9 Å². The van der Waals surface area contributed by atoms with Crippen LogP contribution in [0.1, 0.15) is 259 Å². The van der Waals surface area contributed by atoms with Crippen LogP contribution in [-0.2, 0) is 29.1 Å². The Hall–Kier alpha value is -1.19. The van der Waals surface area contributed by atoms with E-state index in [-0.39, 0.29) is 23.8 Å². The normalized spacial score (nSPS) is 12.5. The van der Waals surface area contributed by atoms with Crippen LogP contribution in [0.5, 0.6) is 0 Å². The predicted molar refractivity (Wildman–Crippen MR) is 253 cm³/mol. The van der Waals surface area contributed by atoms with E-state index in [1.54, 1.807) is 6.92 Å². The maximum Gasteiger partial charge on any atom is 0.306 e. The summed E-state index contributed by atoms with van der Waals surface area (Å²) in [6, 6.07) is 0. The maximum atomic E-state index is 12.8. The number of unbranched alkanes of at least 4 members (excludes halogenated alkanes) is 24. The molecule has 352 valence electrons. The van der Waals surface area contributed by atoms with Crippen LogP contribution in [0.25, 0.3) is 0 Å². The lowest BCUT2D eigenvalue weighted by molar-refractivity contribution is -0.150. The summed E-state index contributed by atoms with van der Waals surface area (Å²) in [5, 5.41) is 0. The third-order valence-corrected chi connectivity index (χ3v) is 13.4. The molecule has 0 aromatic carbocycles. The Labute approximate surface area is 367 Å². The molecule has 0 aliphatic carbocycles. The highest BCUT2D eigenvalue weighted by atomic mass is 32.2. The fraction of sp³-hybridized carbons (Fsp3) is 0.960. The fourth-order valence-electron chi connectivity index (χ4n) is 7.89. The van der Waals surface area contributed by atoms with Gasteiger partial charge in [-0.15, -0.1) is 0 Å². The molecule has 0 radical (unpaired) electrons. The van der Waals surface area contributed by atoms with Crippen LogP contribution in [0.15, 0.2) is 0 Å². The highest BCUT2D eigenvalue weighted by molar-refractivity contribution is 7.89. The molecule has 1 N–H and O–H groups in total. The van der Waals surface area contributed by atoms with Gasteiger partial charge in [0.2, 0.25) is 10.0 Å². The van der Waals surface area contributed by atoms with Crippen LogP contribution in [0, 0.1) is 5.92 Å². The van der Waals surface area contributed by atoms with Gasteiger partial charge in [-0.25, -0.2) is 13.1 Å². The molecule has 0 aliphatic rings. The first-order valence-corrected chi connectivity index (χ1v) is 27.4. The molecule has 0 spiro atoms. The van der Waals surface area contributed by atoms with Gasteiger partial charge in [-0.3, -0.25) is 9.59 Å². The van der Waals surface area contributed by atoms with Gasteiger partial charge in [0, 0.05) is 19.4 Å². The zero-order valence-electron chi connectivity index (χ0n) is 40.0. The predicted octanol–water partition coefficient (Wildman–Crippen LogP) is 14.0. The van der Waals surface area contributed by atoms with E-state index in [2.05, 4.69) is 37.3 Å². The molecule has 1 atom stereocenters. The van der Waals surface area contributed by atoms with E-state index in [0.717, 1.165) is 96.7 Å². The average Bonchev–Trinajstić information content (AvgIpc) is 3.22. The van der Waals surface area contributed by atoms with Crippen molar-refractivity contribution in [2.45, 2.75) is 265 Å². The number of hydrogen-bond acceptors (Lipinski definition) is 7. The smallest absolute Gasteiger partial charge is 0.306 e. The first-order chi connectivity index (χ1) is 28.7. The Morgan fingerprint density at radius 3 is 1.36 bits per heavy atom. The van der Waals surface area contributed by atoms with Crippen LogP contribution in [0.4, 0.5) is 0 Å². The summed E-state index contributed by atoms with van der Waals surface area (Å²) in [7, 11) is -3.15. The average molecular weight is 857 g/mol. The molecule has 0 rings (SSSR count). The summed E-state index contributed by atoms with van der Waals surface area (Å²) < 4.78 is 38.1. The van der Waals surface area contributed by atoms with Gasteiger partial charge in [0.15, 0.2) is 0 Å². The number of esters is 2. The second-order valence-electron chi connectivity index (χ2n) is 18.0. The van der Waals surface area contributed by atoms with Gasteiger partial charge in [0.1, 0.15) is 6.10 Å². The van der Waals surface area contributed by atoms with Crippen molar-refractivity contribution in [3.63, 3.8) is 0 Å². The molecule has 0 aromatic heterocycles. The van der Waals surface area contributed by atoms with Gasteiger partial charge in [-0.1, -0.05) is 175 Å². The Bertz CT molecular complexity index is 1010. The monoisotopic (exact) mass is 857 g/mol. The van der Waals surface area contributed by atoms with Crippen LogP contribution in [0.3, 0.4) is 0 Å². The molecule has 1 unspecified atom stereocenters. The first kappa shape index (κ1) is 57.8. The van der Waals surface area contributed by atoms with Crippen LogP contribution in [-0.4, -0.2) is 69.9 Å². The van der Waals surface area contributed by atoms with E-state index < -0.39 is 10.0 Å². The van der Waals surface area contributed by atoms with Crippen molar-refractivity contribution in [2.24, 2.45) is 5.92 Å². The molecule has 0 heterocycles. The molecule has 0 amide bonds. The summed E-state index contributed by atoms with van der Waals surface area (Å²) in [5.41, 5.74) is 0. The molecule has 0 aliphatic heterocycles. The maximum absolute atomic E-state index is 12.8. The molecule has 9 heteroatoms. The molecule has 0 fully saturated rings. The topological polar surface area (TPSA) is 102 Å². The molecular formula is C50H100N2O6S. The molecule has 0 bridgehead atoms. The van der Waals surface area contributed by atoms with Gasteiger partial charge < -0.3 is 14.4 Å². The van der Waals surface area contributed by atoms with E-state index in [1.807, 2.05) is 0 Å². The number of ether oxygens (including phenoxy) is 2. The SMILES string of the molecule is CCCCCCCCC(CCCCCCCC)OC(=O)CCCCCCCCN(CCCCCCCCC(=O)OCC(C)CCCCCCC)CCCNS(=O)(=O)CC. The van der Waals surface area contributed by atoms with Gasteiger partial charge in [0.25, 0.3) is 0 Å². The summed E-state index contributed by atoms with van der Waals surface area (Å²) >= 11 is 0. The van der Waals surface area contributed by atoms with Crippen molar-refractivity contribution in [1.29, 1.82) is 0 Å². The Morgan fingerprint density at radius 1 is 0.492 bits per heavy atom. The van der Waals surface area contributed by atoms with E-state index in [9.17, 15) is 18.0 Å². The lowest BCUT2D eigenvalue weighted by Gasteiger charge is -2.22. The van der Waals surface area contributed by atoms with E-state index >= 15 is 0 Å². The minimum atomic E-state index is -3.15. The Balaban J connectivity index is 4.34. The zero-order valence-corrected chi connectivity index (χ0v) is 40.8. The molecule has 59 heavy (non-hydrogen) atoms. The summed E-state index contributed by atoms with van der Waals surface area (Å²) in [4.78, 5) is 27.5. The van der Waals surface area contributed by atoms with Crippen LogP contribution >= 0.6 is 0 Å². The summed E-state index contributed by atoms with van der Waals surface area (Å²) in [6.45, 7) is 14.7. The number of rotatable bonds is 47. The molecule has 0 saturated heterocycles. The molecule has 8 nitrogen and oxygen atoms in total. The van der Waals surface area contributed by atoms with Gasteiger partial charge in [0.05, 0.1) is 12.4 Å². The van der Waals surface area contributed by atoms with Gasteiger partial charge in [-0.2, -0.15) is 0 Å².